The predicted octanol–water partition coefficient (Wildman–Crippen LogP) is 2.95. The van der Waals surface area contributed by atoms with E-state index in [1.54, 1.807) is 13.0 Å². The Morgan fingerprint density at radius 1 is 1.35 bits per heavy atom. The van der Waals surface area contributed by atoms with Gasteiger partial charge >= 0.3 is 6.03 Å². The van der Waals surface area contributed by atoms with Gasteiger partial charge < -0.3 is 15.7 Å². The SMILES string of the molecule is Cc1ccc(F)cc1NC(=O)NCC1(O)CCCCC1. The number of amides is 2. The highest BCUT2D eigenvalue weighted by molar-refractivity contribution is 5.90. The summed E-state index contributed by atoms with van der Waals surface area (Å²) >= 11 is 0. The van der Waals surface area contributed by atoms with Crippen LogP contribution in [0.5, 0.6) is 0 Å². The van der Waals surface area contributed by atoms with Gasteiger partial charge in [-0.2, -0.15) is 0 Å². The molecule has 0 spiro atoms. The van der Waals surface area contributed by atoms with Crippen LogP contribution in [-0.4, -0.2) is 23.3 Å². The second kappa shape index (κ2) is 6.22. The fourth-order valence-electron chi connectivity index (χ4n) is 2.53. The maximum atomic E-state index is 13.1. The number of hydrogen-bond acceptors (Lipinski definition) is 2. The molecule has 1 fully saturated rings. The van der Waals surface area contributed by atoms with Crippen molar-refractivity contribution in [3.63, 3.8) is 0 Å². The summed E-state index contributed by atoms with van der Waals surface area (Å²) in [5.41, 5.74) is 0.433. The first-order valence-electron chi connectivity index (χ1n) is 7.02. The highest BCUT2D eigenvalue weighted by Gasteiger charge is 2.29. The van der Waals surface area contributed by atoms with Crippen LogP contribution in [-0.2, 0) is 0 Å². The Labute approximate surface area is 118 Å². The standard InChI is InChI=1S/C15H21FN2O2/c1-11-5-6-12(16)9-13(11)18-14(19)17-10-15(20)7-3-2-4-8-15/h5-6,9,20H,2-4,7-8,10H2,1H3,(H2,17,18,19). The van der Waals surface area contributed by atoms with E-state index in [0.717, 1.165) is 24.8 Å². The molecule has 1 aliphatic rings. The first-order chi connectivity index (χ1) is 9.48. The van der Waals surface area contributed by atoms with Crippen molar-refractivity contribution in [2.75, 3.05) is 11.9 Å². The van der Waals surface area contributed by atoms with Gasteiger partial charge in [-0.1, -0.05) is 25.3 Å². The van der Waals surface area contributed by atoms with Crippen LogP contribution in [0.3, 0.4) is 0 Å². The van der Waals surface area contributed by atoms with Crippen LogP contribution < -0.4 is 10.6 Å². The van der Waals surface area contributed by atoms with Gasteiger partial charge in [0, 0.05) is 12.2 Å². The lowest BCUT2D eigenvalue weighted by Crippen LogP contribution is -2.45. The molecule has 2 amide bonds. The van der Waals surface area contributed by atoms with Crippen LogP contribution >= 0.6 is 0 Å². The van der Waals surface area contributed by atoms with Gasteiger partial charge in [-0.3, -0.25) is 0 Å². The topological polar surface area (TPSA) is 61.4 Å². The second-order valence-corrected chi connectivity index (χ2v) is 5.55. The molecule has 3 N–H and O–H groups in total. The first-order valence-corrected chi connectivity index (χ1v) is 7.02. The molecule has 1 aliphatic carbocycles. The Bertz CT molecular complexity index is 485. The van der Waals surface area contributed by atoms with Gasteiger partial charge in [-0.25, -0.2) is 9.18 Å². The van der Waals surface area contributed by atoms with Crippen LogP contribution in [0.15, 0.2) is 18.2 Å². The molecule has 0 atom stereocenters. The molecule has 0 saturated heterocycles. The summed E-state index contributed by atoms with van der Waals surface area (Å²) in [6, 6.07) is 3.82. The fourth-order valence-corrected chi connectivity index (χ4v) is 2.53. The third kappa shape index (κ3) is 3.93. The van der Waals surface area contributed by atoms with Crippen LogP contribution in [0.25, 0.3) is 0 Å². The van der Waals surface area contributed by atoms with Gasteiger partial charge in [-0.05, 0) is 37.5 Å². The van der Waals surface area contributed by atoms with Gasteiger partial charge in [0.1, 0.15) is 5.82 Å². The van der Waals surface area contributed by atoms with Gasteiger partial charge in [-0.15, -0.1) is 0 Å². The highest BCUT2D eigenvalue weighted by atomic mass is 19.1. The zero-order valence-electron chi connectivity index (χ0n) is 11.7. The van der Waals surface area contributed by atoms with Crippen molar-refractivity contribution in [1.29, 1.82) is 0 Å². The van der Waals surface area contributed by atoms with Crippen LogP contribution in [0.4, 0.5) is 14.9 Å². The zero-order chi connectivity index (χ0) is 14.6. The van der Waals surface area contributed by atoms with Gasteiger partial charge in [0.25, 0.3) is 0 Å². The summed E-state index contributed by atoms with van der Waals surface area (Å²) in [7, 11) is 0. The van der Waals surface area contributed by atoms with E-state index in [9.17, 15) is 14.3 Å². The van der Waals surface area contributed by atoms with E-state index in [-0.39, 0.29) is 6.54 Å². The molecular weight excluding hydrogens is 259 g/mol. The minimum absolute atomic E-state index is 0.229. The molecule has 0 aromatic heterocycles. The number of aryl methyl sites for hydroxylation is 1. The van der Waals surface area contributed by atoms with E-state index < -0.39 is 17.4 Å². The number of hydrogen-bond donors (Lipinski definition) is 3. The van der Waals surface area contributed by atoms with Crippen molar-refractivity contribution in [3.8, 4) is 0 Å². The molecule has 1 saturated carbocycles. The van der Waals surface area contributed by atoms with E-state index in [1.807, 2.05) is 0 Å². The number of carbonyl (C=O) groups is 1. The number of carbonyl (C=O) groups excluding carboxylic acids is 1. The molecule has 2 rings (SSSR count). The number of halogens is 1. The van der Waals surface area contributed by atoms with Crippen molar-refractivity contribution in [2.45, 2.75) is 44.6 Å². The van der Waals surface area contributed by atoms with Crippen LogP contribution in [0.1, 0.15) is 37.7 Å². The van der Waals surface area contributed by atoms with E-state index in [1.165, 1.54) is 12.1 Å². The smallest absolute Gasteiger partial charge is 0.319 e. The normalized spacial score (nSPS) is 17.6. The minimum atomic E-state index is -0.799. The van der Waals surface area contributed by atoms with Crippen molar-refractivity contribution in [2.24, 2.45) is 0 Å². The molecule has 0 unspecified atom stereocenters. The number of rotatable bonds is 3. The molecule has 0 radical (unpaired) electrons. The average Bonchev–Trinajstić information content (AvgIpc) is 2.42. The Morgan fingerprint density at radius 3 is 2.75 bits per heavy atom. The molecule has 0 heterocycles. The Hall–Kier alpha value is -1.62. The molecule has 5 heteroatoms. The van der Waals surface area contributed by atoms with E-state index >= 15 is 0 Å². The molecule has 0 bridgehead atoms. The largest absolute Gasteiger partial charge is 0.388 e. The average molecular weight is 280 g/mol. The molecule has 1 aromatic rings. The highest BCUT2D eigenvalue weighted by Crippen LogP contribution is 2.27. The van der Waals surface area contributed by atoms with Crippen molar-refractivity contribution in [1.82, 2.24) is 5.32 Å². The van der Waals surface area contributed by atoms with Crippen LogP contribution in [0, 0.1) is 12.7 Å². The zero-order valence-corrected chi connectivity index (χ0v) is 11.7. The second-order valence-electron chi connectivity index (χ2n) is 5.55. The predicted molar refractivity (Wildman–Crippen MR) is 76.2 cm³/mol. The van der Waals surface area contributed by atoms with Gasteiger partial charge in [0.05, 0.1) is 5.60 Å². The lowest BCUT2D eigenvalue weighted by atomic mass is 9.85. The summed E-state index contributed by atoms with van der Waals surface area (Å²) in [6.07, 6.45) is 4.54. The maximum Gasteiger partial charge on any atom is 0.319 e. The third-order valence-electron chi connectivity index (χ3n) is 3.81. The van der Waals surface area contributed by atoms with Crippen molar-refractivity contribution in [3.05, 3.63) is 29.6 Å². The summed E-state index contributed by atoms with van der Waals surface area (Å²) in [5, 5.41) is 15.6. The quantitative estimate of drug-likeness (QED) is 0.797. The summed E-state index contributed by atoms with van der Waals surface area (Å²) in [6.45, 7) is 2.02. The van der Waals surface area contributed by atoms with Gasteiger partial charge in [0.2, 0.25) is 0 Å². The monoisotopic (exact) mass is 280 g/mol. The van der Waals surface area contributed by atoms with E-state index in [2.05, 4.69) is 10.6 Å². The number of benzene rings is 1. The van der Waals surface area contributed by atoms with Gasteiger partial charge in [0.15, 0.2) is 0 Å². The Kier molecular flexibility index (Phi) is 4.60. The summed E-state index contributed by atoms with van der Waals surface area (Å²) in [4.78, 5) is 11.8. The van der Waals surface area contributed by atoms with Crippen molar-refractivity contribution >= 4 is 11.7 Å². The molecule has 0 aliphatic heterocycles. The molecule has 4 nitrogen and oxygen atoms in total. The lowest BCUT2D eigenvalue weighted by Gasteiger charge is -2.32. The molecule has 20 heavy (non-hydrogen) atoms. The van der Waals surface area contributed by atoms with Crippen molar-refractivity contribution < 1.29 is 14.3 Å². The third-order valence-corrected chi connectivity index (χ3v) is 3.81. The molecular formula is C15H21FN2O2. The fraction of sp³-hybridized carbons (Fsp3) is 0.533. The Morgan fingerprint density at radius 2 is 2.05 bits per heavy atom. The maximum absolute atomic E-state index is 13.1. The lowest BCUT2D eigenvalue weighted by molar-refractivity contribution is 0.00755. The Balaban J connectivity index is 1.87. The molecule has 110 valence electrons. The number of urea groups is 1. The van der Waals surface area contributed by atoms with Crippen LogP contribution in [0.2, 0.25) is 0 Å². The minimum Gasteiger partial charge on any atom is -0.388 e. The van der Waals surface area contributed by atoms with E-state index in [4.69, 9.17) is 0 Å². The number of nitrogens with one attached hydrogen (secondary N) is 2. The number of aliphatic hydroxyl groups is 1. The number of anilines is 1. The summed E-state index contributed by atoms with van der Waals surface area (Å²) in [5.74, 6) is -0.392. The van der Waals surface area contributed by atoms with E-state index in [0.29, 0.717) is 18.5 Å². The molecule has 1 aromatic carbocycles. The summed E-state index contributed by atoms with van der Waals surface area (Å²) < 4.78 is 13.1. The first kappa shape index (κ1) is 14.8.